The molecule has 0 saturated heterocycles. The number of anilines is 1. The average Bonchev–Trinajstić information content (AvgIpc) is 2.74. The number of nitrogens with zero attached hydrogens (tertiary/aromatic N) is 1. The van der Waals surface area contributed by atoms with Gasteiger partial charge in [-0.25, -0.2) is 0 Å². The number of amides is 1. The lowest BCUT2D eigenvalue weighted by Gasteiger charge is -2.27. The quantitative estimate of drug-likeness (QED) is 0.650. The Morgan fingerprint density at radius 3 is 2.38 bits per heavy atom. The number of nitrogens with one attached hydrogen (secondary N) is 1. The Hall–Kier alpha value is -2.91. The van der Waals surface area contributed by atoms with E-state index in [1.54, 1.807) is 0 Å². The number of carbonyl (C=O) groups excluding carboxylic acids is 1. The topological polar surface area (TPSA) is 32.3 Å². The van der Waals surface area contributed by atoms with E-state index in [4.69, 9.17) is 0 Å². The largest absolute Gasteiger partial charge is 0.322 e. The highest BCUT2D eigenvalue weighted by Gasteiger charge is 2.19. The first-order valence-corrected chi connectivity index (χ1v) is 10.3. The van der Waals surface area contributed by atoms with Crippen LogP contribution in [0.25, 0.3) is 11.1 Å². The normalized spacial score (nSPS) is 15.8. The molecule has 0 fully saturated rings. The van der Waals surface area contributed by atoms with Crippen molar-refractivity contribution in [1.29, 1.82) is 0 Å². The fraction of sp³-hybridized carbons (Fsp3) is 0.269. The number of aryl methyl sites for hydroxylation is 1. The molecule has 1 unspecified atom stereocenters. The van der Waals surface area contributed by atoms with Crippen LogP contribution in [0, 0.1) is 5.92 Å². The van der Waals surface area contributed by atoms with Crippen molar-refractivity contribution >= 4 is 11.6 Å². The molecule has 0 saturated carbocycles. The molecule has 1 N–H and O–H groups in total. The minimum absolute atomic E-state index is 0.0640. The Labute approximate surface area is 173 Å². The lowest BCUT2D eigenvalue weighted by Crippen LogP contribution is -2.26. The van der Waals surface area contributed by atoms with Crippen LogP contribution in [0.3, 0.4) is 0 Å². The predicted molar refractivity (Wildman–Crippen MR) is 120 cm³/mol. The molecule has 148 valence electrons. The van der Waals surface area contributed by atoms with Gasteiger partial charge in [0.15, 0.2) is 0 Å². The van der Waals surface area contributed by atoms with E-state index in [1.807, 2.05) is 48.5 Å². The van der Waals surface area contributed by atoms with Crippen molar-refractivity contribution in [2.24, 2.45) is 5.92 Å². The number of fused-ring (bicyclic) bond motifs is 1. The van der Waals surface area contributed by atoms with Crippen LogP contribution < -0.4 is 5.32 Å². The third-order valence-corrected chi connectivity index (χ3v) is 5.67. The van der Waals surface area contributed by atoms with Crippen LogP contribution >= 0.6 is 0 Å². The van der Waals surface area contributed by atoms with Gasteiger partial charge in [-0.2, -0.15) is 0 Å². The summed E-state index contributed by atoms with van der Waals surface area (Å²) in [6, 6.07) is 24.4. The SMILES string of the molecule is CN(C)CC1CCc2cc(NC(=O)c3ccc(-c4ccccc4)cc3)ccc2C1. The van der Waals surface area contributed by atoms with Crippen LogP contribution in [0.15, 0.2) is 72.8 Å². The summed E-state index contributed by atoms with van der Waals surface area (Å²) in [5.74, 6) is 0.659. The Balaban J connectivity index is 1.43. The van der Waals surface area contributed by atoms with Gasteiger partial charge in [-0.3, -0.25) is 4.79 Å². The number of benzene rings is 3. The highest BCUT2D eigenvalue weighted by Crippen LogP contribution is 2.28. The van der Waals surface area contributed by atoms with E-state index in [9.17, 15) is 4.79 Å². The monoisotopic (exact) mass is 384 g/mol. The molecular formula is C26H28N2O. The van der Waals surface area contributed by atoms with Gasteiger partial charge in [0.2, 0.25) is 0 Å². The maximum absolute atomic E-state index is 12.7. The smallest absolute Gasteiger partial charge is 0.255 e. The summed E-state index contributed by atoms with van der Waals surface area (Å²) in [4.78, 5) is 15.0. The lowest BCUT2D eigenvalue weighted by molar-refractivity contribution is 0.102. The predicted octanol–water partition coefficient (Wildman–Crippen LogP) is 5.27. The van der Waals surface area contributed by atoms with Crippen molar-refractivity contribution in [3.8, 4) is 11.1 Å². The number of hydrogen-bond acceptors (Lipinski definition) is 2. The average molecular weight is 385 g/mol. The first kappa shape index (κ1) is 19.4. The van der Waals surface area contributed by atoms with Gasteiger partial charge in [-0.05, 0) is 85.8 Å². The molecule has 4 rings (SSSR count). The van der Waals surface area contributed by atoms with Gasteiger partial charge >= 0.3 is 0 Å². The van der Waals surface area contributed by atoms with Gasteiger partial charge in [-0.15, -0.1) is 0 Å². The maximum Gasteiger partial charge on any atom is 0.255 e. The van der Waals surface area contributed by atoms with E-state index in [2.05, 4.69) is 48.6 Å². The van der Waals surface area contributed by atoms with Crippen molar-refractivity contribution in [2.45, 2.75) is 19.3 Å². The maximum atomic E-state index is 12.7. The van der Waals surface area contributed by atoms with Crippen LogP contribution in [0.4, 0.5) is 5.69 Å². The summed E-state index contributed by atoms with van der Waals surface area (Å²) in [5.41, 5.74) is 6.62. The van der Waals surface area contributed by atoms with Crippen molar-refractivity contribution in [3.05, 3.63) is 89.5 Å². The third-order valence-electron chi connectivity index (χ3n) is 5.67. The highest BCUT2D eigenvalue weighted by molar-refractivity contribution is 6.04. The second-order valence-electron chi connectivity index (χ2n) is 8.25. The van der Waals surface area contributed by atoms with Crippen molar-refractivity contribution in [2.75, 3.05) is 26.0 Å². The minimum atomic E-state index is -0.0640. The van der Waals surface area contributed by atoms with Crippen molar-refractivity contribution < 1.29 is 4.79 Å². The molecule has 0 radical (unpaired) electrons. The zero-order chi connectivity index (χ0) is 20.2. The summed E-state index contributed by atoms with van der Waals surface area (Å²) in [6.07, 6.45) is 3.43. The zero-order valence-electron chi connectivity index (χ0n) is 17.2. The van der Waals surface area contributed by atoms with E-state index in [1.165, 1.54) is 17.5 Å². The number of carbonyl (C=O) groups is 1. The molecule has 1 amide bonds. The molecule has 3 aromatic rings. The van der Waals surface area contributed by atoms with E-state index < -0.39 is 0 Å². The van der Waals surface area contributed by atoms with Gasteiger partial charge < -0.3 is 10.2 Å². The van der Waals surface area contributed by atoms with Crippen molar-refractivity contribution in [1.82, 2.24) is 4.90 Å². The Kier molecular flexibility index (Phi) is 5.77. The molecule has 1 aliphatic carbocycles. The molecule has 3 heteroatoms. The molecule has 1 atom stereocenters. The molecule has 3 nitrogen and oxygen atoms in total. The van der Waals surface area contributed by atoms with Crippen LogP contribution in [-0.4, -0.2) is 31.4 Å². The van der Waals surface area contributed by atoms with Gasteiger partial charge in [0, 0.05) is 17.8 Å². The third kappa shape index (κ3) is 4.75. The summed E-state index contributed by atoms with van der Waals surface area (Å²) in [5, 5.41) is 3.06. The first-order chi connectivity index (χ1) is 14.1. The van der Waals surface area contributed by atoms with Crippen LogP contribution in [0.1, 0.15) is 27.9 Å². The van der Waals surface area contributed by atoms with E-state index in [0.717, 1.165) is 42.1 Å². The summed E-state index contributed by atoms with van der Waals surface area (Å²) in [6.45, 7) is 1.14. The van der Waals surface area contributed by atoms with E-state index in [-0.39, 0.29) is 5.91 Å². The lowest BCUT2D eigenvalue weighted by atomic mass is 9.83. The van der Waals surface area contributed by atoms with Crippen LogP contribution in [0.2, 0.25) is 0 Å². The first-order valence-electron chi connectivity index (χ1n) is 10.3. The summed E-state index contributed by atoms with van der Waals surface area (Å²) < 4.78 is 0. The fourth-order valence-electron chi connectivity index (χ4n) is 4.23. The molecule has 0 aliphatic heterocycles. The number of hydrogen-bond donors (Lipinski definition) is 1. The zero-order valence-corrected chi connectivity index (χ0v) is 17.2. The van der Waals surface area contributed by atoms with E-state index >= 15 is 0 Å². The number of rotatable bonds is 5. The molecule has 0 heterocycles. The van der Waals surface area contributed by atoms with Gasteiger partial charge in [0.25, 0.3) is 5.91 Å². The molecule has 29 heavy (non-hydrogen) atoms. The van der Waals surface area contributed by atoms with E-state index in [0.29, 0.717) is 5.56 Å². The van der Waals surface area contributed by atoms with Gasteiger partial charge in [0.1, 0.15) is 0 Å². The van der Waals surface area contributed by atoms with Gasteiger partial charge in [0.05, 0.1) is 0 Å². The summed E-state index contributed by atoms with van der Waals surface area (Å²) >= 11 is 0. The second-order valence-corrected chi connectivity index (χ2v) is 8.25. The summed E-state index contributed by atoms with van der Waals surface area (Å²) in [7, 11) is 4.28. The van der Waals surface area contributed by atoms with Gasteiger partial charge in [-0.1, -0.05) is 48.5 Å². The molecule has 3 aromatic carbocycles. The minimum Gasteiger partial charge on any atom is -0.322 e. The Morgan fingerprint density at radius 1 is 0.931 bits per heavy atom. The Morgan fingerprint density at radius 2 is 1.66 bits per heavy atom. The molecular weight excluding hydrogens is 356 g/mol. The highest BCUT2D eigenvalue weighted by atomic mass is 16.1. The molecule has 0 bridgehead atoms. The van der Waals surface area contributed by atoms with Crippen LogP contribution in [0.5, 0.6) is 0 Å². The Bertz CT molecular complexity index is 977. The molecule has 0 spiro atoms. The molecule has 1 aliphatic rings. The van der Waals surface area contributed by atoms with Crippen molar-refractivity contribution in [3.63, 3.8) is 0 Å². The standard InChI is InChI=1S/C26H28N2O/c1-28(2)18-19-8-9-24-17-25(15-14-23(24)16-19)27-26(29)22-12-10-21(11-13-22)20-6-4-3-5-7-20/h3-7,10-15,17,19H,8-9,16,18H2,1-2H3,(H,27,29). The van der Waals surface area contributed by atoms with Crippen LogP contribution in [-0.2, 0) is 12.8 Å². The fourth-order valence-corrected chi connectivity index (χ4v) is 4.23. The molecule has 0 aromatic heterocycles. The second kappa shape index (κ2) is 8.62.